The number of pyridine rings is 1. The Hall–Kier alpha value is -2.30. The van der Waals surface area contributed by atoms with E-state index in [9.17, 15) is 0 Å². The van der Waals surface area contributed by atoms with Gasteiger partial charge in [-0.05, 0) is 61.6 Å². The van der Waals surface area contributed by atoms with E-state index in [0.29, 0.717) is 28.3 Å². The molecule has 29 heavy (non-hydrogen) atoms. The molecular weight excluding hydrogens is 384 g/mol. The summed E-state index contributed by atoms with van der Waals surface area (Å²) in [4.78, 5) is 4.58. The Bertz CT molecular complexity index is 984. The summed E-state index contributed by atoms with van der Waals surface area (Å²) < 4.78 is 11.9. The van der Waals surface area contributed by atoms with Crippen molar-refractivity contribution in [2.45, 2.75) is 45.1 Å². The zero-order chi connectivity index (χ0) is 20.2. The molecule has 0 amide bonds. The fourth-order valence-corrected chi connectivity index (χ4v) is 4.03. The van der Waals surface area contributed by atoms with Crippen LogP contribution >= 0.6 is 11.6 Å². The lowest BCUT2D eigenvalue weighted by atomic mass is 9.90. The molecule has 152 valence electrons. The molecule has 0 bridgehead atoms. The first kappa shape index (κ1) is 20.0. The molecule has 0 saturated heterocycles. The first-order valence-corrected chi connectivity index (χ1v) is 10.7. The average molecular weight is 411 g/mol. The van der Waals surface area contributed by atoms with Gasteiger partial charge in [-0.3, -0.25) is 0 Å². The van der Waals surface area contributed by atoms with Crippen LogP contribution < -0.4 is 15.2 Å². The van der Waals surface area contributed by atoms with Crippen LogP contribution in [0.3, 0.4) is 0 Å². The normalized spacial score (nSPS) is 16.0. The van der Waals surface area contributed by atoms with Crippen molar-refractivity contribution >= 4 is 22.5 Å². The molecule has 2 N–H and O–H groups in total. The van der Waals surface area contributed by atoms with Gasteiger partial charge in [0.2, 0.25) is 5.88 Å². The van der Waals surface area contributed by atoms with Crippen molar-refractivity contribution < 1.29 is 9.47 Å². The summed E-state index contributed by atoms with van der Waals surface area (Å²) in [6.45, 7) is 2.70. The van der Waals surface area contributed by atoms with Gasteiger partial charge < -0.3 is 15.2 Å². The van der Waals surface area contributed by atoms with Crippen molar-refractivity contribution in [3.63, 3.8) is 0 Å². The SMILES string of the molecule is CC(N)c1ccc2nc(Oc3ccc(OCC4CCCCC4)c(Cl)c3)ccc2c1. The van der Waals surface area contributed by atoms with Gasteiger partial charge in [0.1, 0.15) is 11.5 Å². The Morgan fingerprint density at radius 1 is 1.07 bits per heavy atom. The third-order valence-corrected chi connectivity index (χ3v) is 5.83. The van der Waals surface area contributed by atoms with Crippen molar-refractivity contribution in [1.82, 2.24) is 4.98 Å². The summed E-state index contributed by atoms with van der Waals surface area (Å²) >= 11 is 6.42. The maximum absolute atomic E-state index is 6.42. The van der Waals surface area contributed by atoms with E-state index < -0.39 is 0 Å². The number of hydrogen-bond donors (Lipinski definition) is 1. The molecule has 1 heterocycles. The predicted molar refractivity (Wildman–Crippen MR) is 118 cm³/mol. The van der Waals surface area contributed by atoms with E-state index in [1.807, 2.05) is 43.3 Å². The Balaban J connectivity index is 1.43. The number of halogens is 1. The lowest BCUT2D eigenvalue weighted by Crippen LogP contribution is -2.15. The van der Waals surface area contributed by atoms with E-state index >= 15 is 0 Å². The summed E-state index contributed by atoms with van der Waals surface area (Å²) in [7, 11) is 0. The summed E-state index contributed by atoms with van der Waals surface area (Å²) in [5, 5.41) is 1.59. The number of benzene rings is 2. The highest BCUT2D eigenvalue weighted by molar-refractivity contribution is 6.32. The molecule has 1 saturated carbocycles. The lowest BCUT2D eigenvalue weighted by molar-refractivity contribution is 0.209. The van der Waals surface area contributed by atoms with E-state index in [4.69, 9.17) is 26.8 Å². The van der Waals surface area contributed by atoms with Crippen LogP contribution in [0, 0.1) is 5.92 Å². The van der Waals surface area contributed by atoms with E-state index in [2.05, 4.69) is 11.1 Å². The Labute approximate surface area is 177 Å². The molecule has 0 spiro atoms. The number of rotatable bonds is 6. The fraction of sp³-hybridized carbons (Fsp3) is 0.375. The smallest absolute Gasteiger partial charge is 0.219 e. The van der Waals surface area contributed by atoms with E-state index in [1.54, 1.807) is 6.07 Å². The van der Waals surface area contributed by atoms with Gasteiger partial charge in [-0.25, -0.2) is 4.98 Å². The van der Waals surface area contributed by atoms with Gasteiger partial charge in [0, 0.05) is 23.6 Å². The highest BCUT2D eigenvalue weighted by Crippen LogP contribution is 2.33. The maximum atomic E-state index is 6.42. The van der Waals surface area contributed by atoms with Gasteiger partial charge >= 0.3 is 0 Å². The summed E-state index contributed by atoms with van der Waals surface area (Å²) in [5.41, 5.74) is 7.91. The number of hydrogen-bond acceptors (Lipinski definition) is 4. The zero-order valence-electron chi connectivity index (χ0n) is 16.7. The molecule has 0 aliphatic heterocycles. The largest absolute Gasteiger partial charge is 0.492 e. The second-order valence-corrected chi connectivity index (χ2v) is 8.31. The van der Waals surface area contributed by atoms with Crippen molar-refractivity contribution in [3.8, 4) is 17.4 Å². The highest BCUT2D eigenvalue weighted by Gasteiger charge is 2.15. The van der Waals surface area contributed by atoms with Crippen molar-refractivity contribution in [2.24, 2.45) is 11.7 Å². The standard InChI is InChI=1S/C24H27ClN2O2/c1-16(26)18-7-10-22-19(13-18)8-12-24(27-22)29-20-9-11-23(21(25)14-20)28-15-17-5-3-2-4-6-17/h7-14,16-17H,2-6,15,26H2,1H3. The molecule has 5 heteroatoms. The number of ether oxygens (including phenoxy) is 2. The maximum Gasteiger partial charge on any atom is 0.219 e. The summed E-state index contributed by atoms with van der Waals surface area (Å²) in [6.07, 6.45) is 6.45. The number of aromatic nitrogens is 1. The van der Waals surface area contributed by atoms with Crippen LogP contribution in [0.5, 0.6) is 17.4 Å². The molecule has 2 aromatic carbocycles. The molecule has 0 radical (unpaired) electrons. The minimum absolute atomic E-state index is 0.00341. The van der Waals surface area contributed by atoms with Gasteiger partial charge in [0.15, 0.2) is 0 Å². The van der Waals surface area contributed by atoms with Crippen molar-refractivity contribution in [3.05, 3.63) is 59.1 Å². The number of nitrogens with two attached hydrogens (primary N) is 1. The topological polar surface area (TPSA) is 57.4 Å². The Morgan fingerprint density at radius 2 is 1.90 bits per heavy atom. The van der Waals surface area contributed by atoms with Gasteiger partial charge in [-0.2, -0.15) is 0 Å². The van der Waals surface area contributed by atoms with Gasteiger partial charge in [0.05, 0.1) is 17.1 Å². The molecule has 1 aromatic heterocycles. The second-order valence-electron chi connectivity index (χ2n) is 7.90. The van der Waals surface area contributed by atoms with Crippen LogP contribution in [0.15, 0.2) is 48.5 Å². The molecule has 1 atom stereocenters. The highest BCUT2D eigenvalue weighted by atomic mass is 35.5. The minimum Gasteiger partial charge on any atom is -0.492 e. The lowest BCUT2D eigenvalue weighted by Gasteiger charge is -2.22. The Kier molecular flexibility index (Phi) is 6.22. The Morgan fingerprint density at radius 3 is 2.66 bits per heavy atom. The van der Waals surface area contributed by atoms with Crippen LogP contribution in [-0.2, 0) is 0 Å². The molecule has 1 fully saturated rings. The summed E-state index contributed by atoms with van der Waals surface area (Å²) in [5.74, 6) is 2.51. The molecule has 1 aliphatic rings. The van der Waals surface area contributed by atoms with Crippen LogP contribution in [0.25, 0.3) is 10.9 Å². The average Bonchev–Trinajstić information content (AvgIpc) is 2.73. The van der Waals surface area contributed by atoms with Crippen LogP contribution in [-0.4, -0.2) is 11.6 Å². The molecule has 1 aliphatic carbocycles. The molecule has 4 rings (SSSR count). The predicted octanol–water partition coefficient (Wildman–Crippen LogP) is 6.66. The van der Waals surface area contributed by atoms with Gasteiger partial charge in [0.25, 0.3) is 0 Å². The zero-order valence-corrected chi connectivity index (χ0v) is 17.5. The fourth-order valence-electron chi connectivity index (χ4n) is 3.81. The third-order valence-electron chi connectivity index (χ3n) is 5.54. The molecule has 1 unspecified atom stereocenters. The van der Waals surface area contributed by atoms with Gasteiger partial charge in [-0.15, -0.1) is 0 Å². The van der Waals surface area contributed by atoms with Crippen molar-refractivity contribution in [2.75, 3.05) is 6.61 Å². The number of nitrogens with zero attached hydrogens (tertiary/aromatic N) is 1. The first-order valence-electron chi connectivity index (χ1n) is 10.3. The molecule has 4 nitrogen and oxygen atoms in total. The van der Waals surface area contributed by atoms with Crippen LogP contribution in [0.1, 0.15) is 50.6 Å². The first-order chi connectivity index (χ1) is 14.1. The van der Waals surface area contributed by atoms with Crippen LogP contribution in [0.2, 0.25) is 5.02 Å². The van der Waals surface area contributed by atoms with E-state index in [1.165, 1.54) is 32.1 Å². The van der Waals surface area contributed by atoms with E-state index in [-0.39, 0.29) is 6.04 Å². The second kappa shape index (κ2) is 9.02. The monoisotopic (exact) mass is 410 g/mol. The molecule has 3 aromatic rings. The van der Waals surface area contributed by atoms with Crippen LogP contribution in [0.4, 0.5) is 0 Å². The number of fused-ring (bicyclic) bond motifs is 1. The van der Waals surface area contributed by atoms with Gasteiger partial charge in [-0.1, -0.05) is 36.9 Å². The van der Waals surface area contributed by atoms with E-state index in [0.717, 1.165) is 23.1 Å². The quantitative estimate of drug-likeness (QED) is 0.493. The minimum atomic E-state index is -0.00341. The summed E-state index contributed by atoms with van der Waals surface area (Å²) in [6, 6.07) is 15.4. The van der Waals surface area contributed by atoms with Crippen molar-refractivity contribution in [1.29, 1.82) is 0 Å². The molecular formula is C24H27ClN2O2. The third kappa shape index (κ3) is 5.01.